The molecule has 56 heavy (non-hydrogen) atoms. The normalized spacial score (nSPS) is 18.0. The van der Waals surface area contributed by atoms with E-state index in [4.69, 9.17) is 0 Å². The predicted octanol–water partition coefficient (Wildman–Crippen LogP) is 7.59. The first-order valence-corrected chi connectivity index (χ1v) is 19.1. The number of aliphatic hydroxyl groups excluding tert-OH is 1. The molecular formula is C44H49F2N5O5. The van der Waals surface area contributed by atoms with Crippen molar-refractivity contribution in [3.05, 3.63) is 130 Å². The van der Waals surface area contributed by atoms with Gasteiger partial charge in [-0.25, -0.2) is 4.79 Å². The average molecular weight is 766 g/mol. The fraction of sp³-hybridized carbons (Fsp3) is 0.318. The Morgan fingerprint density at radius 2 is 1.70 bits per heavy atom. The number of aromatic hydroxyl groups is 1. The number of nitrogens with zero attached hydrogens (tertiary/aromatic N) is 3. The Kier molecular flexibility index (Phi) is 12.5. The number of benzene rings is 4. The van der Waals surface area contributed by atoms with Crippen molar-refractivity contribution >= 4 is 33.6 Å². The second-order valence-corrected chi connectivity index (χ2v) is 14.9. The number of hydrogen-bond donors (Lipinski definition) is 5. The number of rotatable bonds is 13. The number of phenols is 1. The van der Waals surface area contributed by atoms with Crippen LogP contribution in [0.3, 0.4) is 0 Å². The molecule has 0 aliphatic carbocycles. The van der Waals surface area contributed by atoms with Crippen LogP contribution in [-0.2, 0) is 19.5 Å². The topological polar surface area (TPSA) is 134 Å². The molecular weight excluding hydrogens is 717 g/mol. The van der Waals surface area contributed by atoms with Crippen LogP contribution in [0.15, 0.2) is 108 Å². The van der Waals surface area contributed by atoms with Crippen LogP contribution in [0.1, 0.15) is 48.5 Å². The van der Waals surface area contributed by atoms with E-state index in [1.165, 1.54) is 17.6 Å². The molecule has 5 heterocycles. The molecule has 5 N–H and O–H groups in total. The molecule has 3 aliphatic rings. The smallest absolute Gasteiger partial charge is 0.412 e. The van der Waals surface area contributed by atoms with Crippen LogP contribution in [0.5, 0.6) is 5.75 Å². The molecule has 1 unspecified atom stereocenters. The molecule has 0 saturated carbocycles. The number of phenolic OH excluding ortho intramolecular Hbond substituents is 1. The van der Waals surface area contributed by atoms with Gasteiger partial charge in [-0.1, -0.05) is 54.6 Å². The van der Waals surface area contributed by atoms with Crippen LogP contribution >= 0.6 is 0 Å². The van der Waals surface area contributed by atoms with E-state index >= 15 is 0 Å². The van der Waals surface area contributed by atoms with Crippen LogP contribution in [0.2, 0.25) is 0 Å². The fourth-order valence-electron chi connectivity index (χ4n) is 8.62. The largest absolute Gasteiger partial charge is 0.506 e. The molecule has 3 saturated heterocycles. The SMILES string of the molecule is F.F.O=C(O)N(c1cc(CCCCn2ccc3cc(CNC[C@H](O)c4ccc(O)c5[nH]c(=O)ccc45)ccc32)ccc1-c1ccccc1)C1CN2CCC1CC2. The lowest BCUT2D eigenvalue weighted by Crippen LogP contribution is -2.59. The number of piperidine rings is 3. The number of aromatic nitrogens is 2. The van der Waals surface area contributed by atoms with Gasteiger partial charge in [0, 0.05) is 54.9 Å². The highest BCUT2D eigenvalue weighted by molar-refractivity contribution is 5.94. The maximum absolute atomic E-state index is 13.0. The molecule has 294 valence electrons. The van der Waals surface area contributed by atoms with Crippen LogP contribution < -0.4 is 15.8 Å². The van der Waals surface area contributed by atoms with Crippen molar-refractivity contribution in [2.24, 2.45) is 5.92 Å². The Balaban J connectivity index is 0.00000266. The van der Waals surface area contributed by atoms with Gasteiger partial charge in [0.1, 0.15) is 5.75 Å². The second kappa shape index (κ2) is 17.5. The van der Waals surface area contributed by atoms with Gasteiger partial charge in [-0.3, -0.25) is 19.1 Å². The molecule has 4 aromatic carbocycles. The molecule has 0 radical (unpaired) electrons. The fourth-order valence-corrected chi connectivity index (χ4v) is 8.62. The van der Waals surface area contributed by atoms with Gasteiger partial charge < -0.3 is 35.1 Å². The summed E-state index contributed by atoms with van der Waals surface area (Å²) in [6, 6.07) is 31.3. The van der Waals surface area contributed by atoms with Crippen molar-refractivity contribution in [2.45, 2.75) is 57.3 Å². The molecule has 10 nitrogen and oxygen atoms in total. The van der Waals surface area contributed by atoms with Gasteiger partial charge in [0.25, 0.3) is 0 Å². The van der Waals surface area contributed by atoms with Crippen LogP contribution in [-0.4, -0.2) is 68.1 Å². The number of unbranched alkanes of at least 4 members (excludes halogenated alkanes) is 1. The number of aliphatic hydroxyl groups is 1. The number of aryl methyl sites for hydroxylation is 2. The zero-order chi connectivity index (χ0) is 37.2. The lowest BCUT2D eigenvalue weighted by atomic mass is 9.82. The summed E-state index contributed by atoms with van der Waals surface area (Å²) in [5.41, 5.74) is 6.88. The number of fused-ring (bicyclic) bond motifs is 5. The van der Waals surface area contributed by atoms with Crippen molar-refractivity contribution in [1.82, 2.24) is 19.8 Å². The summed E-state index contributed by atoms with van der Waals surface area (Å²) < 4.78 is 2.29. The summed E-state index contributed by atoms with van der Waals surface area (Å²) in [6.45, 7) is 4.69. The van der Waals surface area contributed by atoms with Crippen LogP contribution in [0.25, 0.3) is 32.9 Å². The molecule has 6 aromatic rings. The van der Waals surface area contributed by atoms with E-state index in [1.54, 1.807) is 17.0 Å². The summed E-state index contributed by atoms with van der Waals surface area (Å²) >= 11 is 0. The van der Waals surface area contributed by atoms with E-state index < -0.39 is 12.2 Å². The van der Waals surface area contributed by atoms with Crippen molar-refractivity contribution in [3.8, 4) is 16.9 Å². The number of pyridine rings is 1. The molecule has 2 atom stereocenters. The number of nitrogens with one attached hydrogen (secondary N) is 2. The highest BCUT2D eigenvalue weighted by atomic mass is 19.0. The van der Waals surface area contributed by atoms with Crippen molar-refractivity contribution in [3.63, 3.8) is 0 Å². The summed E-state index contributed by atoms with van der Waals surface area (Å²) in [5.74, 6) is 0.362. The summed E-state index contributed by atoms with van der Waals surface area (Å²) in [6.07, 6.45) is 5.38. The number of aromatic amines is 1. The first-order valence-electron chi connectivity index (χ1n) is 19.1. The number of amides is 1. The standard InChI is InChI=1S/C44H47N5O5.2FH/c50-40-15-12-35(36-13-16-42(52)46-43(36)40)41(51)27-45-26-30-10-14-37-33(24-30)19-23-48(37)20-5-4-6-29-9-11-34(31-7-2-1-3-8-31)38(25-29)49(44(53)54)39-28-47-21-17-32(39)18-22-47;;/h1-3,7-16,19,23-25,32,39,41,45,50-51H,4-6,17-18,20-22,26-28H2,(H,46,52)(H,53,54);2*1H/t39?,41-;;/m0../s1. The van der Waals surface area contributed by atoms with Gasteiger partial charge in [-0.15, -0.1) is 0 Å². The zero-order valence-corrected chi connectivity index (χ0v) is 31.1. The molecule has 3 aliphatic heterocycles. The zero-order valence-electron chi connectivity index (χ0n) is 31.1. The monoisotopic (exact) mass is 765 g/mol. The Bertz CT molecular complexity index is 2340. The molecule has 2 aromatic heterocycles. The number of carboxylic acid groups (broad SMARTS) is 1. The van der Waals surface area contributed by atoms with Gasteiger partial charge in [0.05, 0.1) is 23.3 Å². The van der Waals surface area contributed by atoms with Gasteiger partial charge in [-0.2, -0.15) is 0 Å². The number of anilines is 1. The Morgan fingerprint density at radius 1 is 0.911 bits per heavy atom. The maximum atomic E-state index is 13.0. The van der Waals surface area contributed by atoms with E-state index in [0.717, 1.165) is 91.6 Å². The molecule has 9 rings (SSSR count). The minimum Gasteiger partial charge on any atom is -0.506 e. The number of H-pyrrole nitrogens is 1. The van der Waals surface area contributed by atoms with Gasteiger partial charge in [0.2, 0.25) is 5.56 Å². The van der Waals surface area contributed by atoms with E-state index in [0.29, 0.717) is 35.5 Å². The quantitative estimate of drug-likeness (QED) is 0.0766. The van der Waals surface area contributed by atoms with E-state index in [1.807, 2.05) is 18.2 Å². The van der Waals surface area contributed by atoms with Gasteiger partial charge >= 0.3 is 6.09 Å². The van der Waals surface area contributed by atoms with Crippen molar-refractivity contribution < 1.29 is 29.5 Å². The Morgan fingerprint density at radius 3 is 2.45 bits per heavy atom. The Hall–Kier alpha value is -5.56. The minimum absolute atomic E-state index is 0. The second-order valence-electron chi connectivity index (χ2n) is 14.9. The van der Waals surface area contributed by atoms with Gasteiger partial charge in [-0.05, 0) is 115 Å². The maximum Gasteiger partial charge on any atom is 0.412 e. The lowest BCUT2D eigenvalue weighted by Gasteiger charge is -2.48. The molecule has 1 amide bonds. The summed E-state index contributed by atoms with van der Waals surface area (Å²) in [5, 5.41) is 36.8. The molecule has 2 bridgehead atoms. The minimum atomic E-state index is -0.874. The van der Waals surface area contributed by atoms with Gasteiger partial charge in [0.15, 0.2) is 0 Å². The molecule has 12 heteroatoms. The number of carbonyl (C=O) groups is 1. The van der Waals surface area contributed by atoms with Crippen molar-refractivity contribution in [1.29, 1.82) is 0 Å². The van der Waals surface area contributed by atoms with E-state index in [2.05, 4.69) is 80.6 Å². The number of hydrogen-bond acceptors (Lipinski definition) is 6. The third-order valence-electron chi connectivity index (χ3n) is 11.4. The highest BCUT2D eigenvalue weighted by Gasteiger charge is 2.40. The first-order chi connectivity index (χ1) is 26.3. The summed E-state index contributed by atoms with van der Waals surface area (Å²) in [4.78, 5) is 31.4. The number of halogens is 2. The van der Waals surface area contributed by atoms with Crippen LogP contribution in [0, 0.1) is 5.92 Å². The van der Waals surface area contributed by atoms with Crippen molar-refractivity contribution in [2.75, 3.05) is 31.1 Å². The average Bonchev–Trinajstić information content (AvgIpc) is 3.59. The van der Waals surface area contributed by atoms with E-state index in [-0.39, 0.29) is 26.8 Å². The van der Waals surface area contributed by atoms with Crippen LogP contribution in [0.4, 0.5) is 19.9 Å². The summed E-state index contributed by atoms with van der Waals surface area (Å²) in [7, 11) is 0. The van der Waals surface area contributed by atoms with E-state index in [9.17, 15) is 24.9 Å². The Labute approximate surface area is 323 Å². The lowest BCUT2D eigenvalue weighted by molar-refractivity contribution is 0.0837. The molecule has 0 spiro atoms. The molecule has 3 fully saturated rings. The highest BCUT2D eigenvalue weighted by Crippen LogP contribution is 2.39. The predicted molar refractivity (Wildman–Crippen MR) is 218 cm³/mol. The third kappa shape index (κ3) is 8.32. The third-order valence-corrected chi connectivity index (χ3v) is 11.4. The first kappa shape index (κ1) is 40.1.